The van der Waals surface area contributed by atoms with Crippen LogP contribution >= 0.6 is 0 Å². The first-order valence-corrected chi connectivity index (χ1v) is 10.5. The summed E-state index contributed by atoms with van der Waals surface area (Å²) in [6.45, 7) is 10.0. The molecule has 0 fully saturated rings. The molecule has 0 unspecified atom stereocenters. The van der Waals surface area contributed by atoms with E-state index in [-0.39, 0.29) is 10.8 Å². The van der Waals surface area contributed by atoms with Crippen LogP contribution in [0.2, 0.25) is 0 Å². The minimum Gasteiger partial charge on any atom is -0.242 e. The van der Waals surface area contributed by atoms with E-state index in [1.165, 1.54) is 12.1 Å². The Morgan fingerprint density at radius 2 is 1.36 bits per heavy atom. The molecule has 154 valence electrons. The molecule has 0 amide bonds. The number of nitrogens with one attached hydrogen (secondary N) is 1. The van der Waals surface area contributed by atoms with E-state index in [1.54, 1.807) is 0 Å². The topological polar surface area (TPSA) is 29.1 Å². The monoisotopic (exact) mass is 411 g/mol. The smallest absolute Gasteiger partial charge is 0.242 e. The maximum atomic E-state index is 12.7. The van der Waals surface area contributed by atoms with Crippen LogP contribution in [0.4, 0.5) is 13.2 Å². The van der Waals surface area contributed by atoms with Gasteiger partial charge < -0.3 is 0 Å². The van der Waals surface area contributed by atoms with Crippen LogP contribution in [0.25, 0.3) is 11.1 Å². The van der Waals surface area contributed by atoms with Crippen molar-refractivity contribution in [3.63, 3.8) is 0 Å². The molecule has 1 N–H and O–H groups in total. The minimum atomic E-state index is -4.33. The molecule has 28 heavy (non-hydrogen) atoms. The number of benzene rings is 2. The van der Waals surface area contributed by atoms with Gasteiger partial charge in [-0.1, -0.05) is 50.2 Å². The Balaban J connectivity index is 2.23. The first-order valence-electron chi connectivity index (χ1n) is 9.33. The van der Waals surface area contributed by atoms with Crippen LogP contribution in [0.1, 0.15) is 58.2 Å². The summed E-state index contributed by atoms with van der Waals surface area (Å²) in [6.07, 6.45) is -3.50. The molecule has 2 atom stereocenters. The molecule has 0 aliphatic heterocycles. The van der Waals surface area contributed by atoms with E-state index in [0.29, 0.717) is 5.92 Å². The summed E-state index contributed by atoms with van der Waals surface area (Å²) in [7, 11) is -1.19. The predicted molar refractivity (Wildman–Crippen MR) is 110 cm³/mol. The molecule has 0 bridgehead atoms. The molecule has 0 aliphatic carbocycles. The van der Waals surface area contributed by atoms with E-state index in [0.717, 1.165) is 35.2 Å². The molecule has 2 aromatic carbocycles. The summed E-state index contributed by atoms with van der Waals surface area (Å²) < 4.78 is 53.6. The van der Waals surface area contributed by atoms with E-state index in [9.17, 15) is 17.4 Å². The van der Waals surface area contributed by atoms with Gasteiger partial charge in [0.05, 0.1) is 21.3 Å². The van der Waals surface area contributed by atoms with Crippen molar-refractivity contribution in [1.29, 1.82) is 0 Å². The Labute approximate surface area is 168 Å². The fourth-order valence-corrected chi connectivity index (χ4v) is 3.63. The summed E-state index contributed by atoms with van der Waals surface area (Å²) in [5.74, 6) is 0.420. The maximum Gasteiger partial charge on any atom is 0.416 e. The van der Waals surface area contributed by atoms with Crippen LogP contribution in [0.15, 0.2) is 48.5 Å². The number of rotatable bonds is 6. The molecule has 0 spiro atoms. The van der Waals surface area contributed by atoms with E-state index in [1.807, 2.05) is 45.0 Å². The zero-order chi connectivity index (χ0) is 21.1. The van der Waals surface area contributed by atoms with Crippen LogP contribution in [0.5, 0.6) is 0 Å². The highest BCUT2D eigenvalue weighted by molar-refractivity contribution is 7.84. The van der Waals surface area contributed by atoms with Crippen molar-refractivity contribution in [2.75, 3.05) is 0 Å². The zero-order valence-electron chi connectivity index (χ0n) is 16.9. The van der Waals surface area contributed by atoms with Gasteiger partial charge in [0.1, 0.15) is 0 Å². The Morgan fingerprint density at radius 3 is 1.75 bits per heavy atom. The molecule has 0 radical (unpaired) electrons. The Morgan fingerprint density at radius 1 is 0.893 bits per heavy atom. The maximum absolute atomic E-state index is 12.7. The van der Waals surface area contributed by atoms with Crippen LogP contribution < -0.4 is 4.72 Å². The highest BCUT2D eigenvalue weighted by Gasteiger charge is 2.30. The second kappa shape index (κ2) is 8.78. The zero-order valence-corrected chi connectivity index (χ0v) is 17.7. The minimum absolute atomic E-state index is 0.0540. The standard InChI is InChI=1S/C22H28F3NOS/c1-15(2)14-20(26-28(27)21(3,4)5)18-8-6-16(7-9-18)17-10-12-19(13-11-17)22(23,24)25/h6-13,15,20,26H,14H2,1-5H3/t20-,28+/m1/s1. The lowest BCUT2D eigenvalue weighted by Crippen LogP contribution is -2.36. The average Bonchev–Trinajstić information content (AvgIpc) is 2.59. The number of hydrogen-bond acceptors (Lipinski definition) is 1. The summed E-state index contributed by atoms with van der Waals surface area (Å²) >= 11 is 0. The molecule has 0 aromatic heterocycles. The average molecular weight is 412 g/mol. The van der Waals surface area contributed by atoms with Gasteiger partial charge in [0.2, 0.25) is 0 Å². The van der Waals surface area contributed by atoms with Crippen molar-refractivity contribution in [3.05, 3.63) is 59.7 Å². The molecule has 0 heterocycles. The Hall–Kier alpha value is -1.66. The fraction of sp³-hybridized carbons (Fsp3) is 0.455. The van der Waals surface area contributed by atoms with E-state index < -0.39 is 22.7 Å². The Kier molecular flexibility index (Phi) is 7.10. The second-order valence-corrected chi connectivity index (χ2v) is 10.4. The van der Waals surface area contributed by atoms with Gasteiger partial charge in [-0.2, -0.15) is 13.2 Å². The first kappa shape index (κ1) is 22.6. The van der Waals surface area contributed by atoms with Crippen LogP contribution in [0, 0.1) is 5.92 Å². The van der Waals surface area contributed by atoms with Crippen molar-refractivity contribution in [2.45, 2.75) is 58.0 Å². The van der Waals surface area contributed by atoms with Gasteiger partial charge in [-0.25, -0.2) is 8.93 Å². The lowest BCUT2D eigenvalue weighted by atomic mass is 9.95. The summed E-state index contributed by atoms with van der Waals surface area (Å²) in [5, 5.41) is 0. The van der Waals surface area contributed by atoms with Gasteiger partial charge in [-0.3, -0.25) is 0 Å². The summed E-state index contributed by atoms with van der Waals surface area (Å²) in [5.41, 5.74) is 1.93. The summed E-state index contributed by atoms with van der Waals surface area (Å²) in [6, 6.07) is 12.8. The van der Waals surface area contributed by atoms with E-state index >= 15 is 0 Å². The van der Waals surface area contributed by atoms with Crippen molar-refractivity contribution < 1.29 is 17.4 Å². The van der Waals surface area contributed by atoms with Gasteiger partial charge in [0, 0.05) is 6.04 Å². The molecule has 0 saturated heterocycles. The molecule has 0 saturated carbocycles. The number of alkyl halides is 3. The van der Waals surface area contributed by atoms with Crippen LogP contribution in [-0.4, -0.2) is 8.96 Å². The first-order chi connectivity index (χ1) is 12.9. The molecule has 2 rings (SSSR count). The third-order valence-electron chi connectivity index (χ3n) is 4.37. The van der Waals surface area contributed by atoms with Gasteiger partial charge in [-0.05, 0) is 61.9 Å². The van der Waals surface area contributed by atoms with Gasteiger partial charge in [0.25, 0.3) is 0 Å². The lowest BCUT2D eigenvalue weighted by molar-refractivity contribution is -0.137. The highest BCUT2D eigenvalue weighted by atomic mass is 32.2. The van der Waals surface area contributed by atoms with Crippen LogP contribution in [-0.2, 0) is 17.2 Å². The largest absolute Gasteiger partial charge is 0.416 e. The lowest BCUT2D eigenvalue weighted by Gasteiger charge is -2.26. The molecule has 6 heteroatoms. The predicted octanol–water partition coefficient (Wildman–Crippen LogP) is 6.51. The normalized spacial score (nSPS) is 14.9. The molecular weight excluding hydrogens is 383 g/mol. The second-order valence-electron chi connectivity index (χ2n) is 8.38. The third-order valence-corrected chi connectivity index (χ3v) is 5.98. The fourth-order valence-electron chi connectivity index (χ4n) is 2.79. The van der Waals surface area contributed by atoms with Crippen LogP contribution in [0.3, 0.4) is 0 Å². The van der Waals surface area contributed by atoms with Crippen molar-refractivity contribution >= 4 is 11.0 Å². The van der Waals surface area contributed by atoms with E-state index in [2.05, 4.69) is 18.6 Å². The van der Waals surface area contributed by atoms with Crippen molar-refractivity contribution in [3.8, 4) is 11.1 Å². The quantitative estimate of drug-likeness (QED) is 0.577. The SMILES string of the molecule is CC(C)C[C@@H](N[S@@](=O)C(C)(C)C)c1ccc(-c2ccc(C(F)(F)F)cc2)cc1. The molecule has 0 aliphatic rings. The molecule has 2 nitrogen and oxygen atoms in total. The molecular formula is C22H28F3NOS. The molecule has 2 aromatic rings. The van der Waals surface area contributed by atoms with Crippen molar-refractivity contribution in [2.24, 2.45) is 5.92 Å². The number of hydrogen-bond donors (Lipinski definition) is 1. The Bertz CT molecular complexity index is 791. The third kappa shape index (κ3) is 6.17. The summed E-state index contributed by atoms with van der Waals surface area (Å²) in [4.78, 5) is 0. The van der Waals surface area contributed by atoms with Gasteiger partial charge >= 0.3 is 6.18 Å². The van der Waals surface area contributed by atoms with Crippen molar-refractivity contribution in [1.82, 2.24) is 4.72 Å². The van der Waals surface area contributed by atoms with E-state index in [4.69, 9.17) is 0 Å². The highest BCUT2D eigenvalue weighted by Crippen LogP contribution is 2.32. The van der Waals surface area contributed by atoms with Gasteiger partial charge in [0.15, 0.2) is 0 Å². The van der Waals surface area contributed by atoms with Gasteiger partial charge in [-0.15, -0.1) is 0 Å². The number of halogens is 3.